The molecule has 0 N–H and O–H groups in total. The summed E-state index contributed by atoms with van der Waals surface area (Å²) in [6.45, 7) is 0. The Morgan fingerprint density at radius 1 is 0.667 bits per heavy atom. The van der Waals surface area contributed by atoms with E-state index in [1.54, 1.807) is 0 Å². The second-order valence-electron chi connectivity index (χ2n) is 1.92. The Morgan fingerprint density at radius 3 is 1.17 bits per heavy atom. The van der Waals surface area contributed by atoms with E-state index in [4.69, 9.17) is 0 Å². The monoisotopic (exact) mass is 249 g/mol. The largest absolute Gasteiger partial charge is 0.748 e. The predicted molar refractivity (Wildman–Crippen MR) is 44.1 cm³/mol. The standard InChI is InChI=1S/2C5H5.Cu.Fe/c2*1-2-4-5-3-1;;/h2*1-5H;;/q-5;-1;;. The van der Waals surface area contributed by atoms with Crippen LogP contribution in [0.4, 0.5) is 0 Å². The van der Waals surface area contributed by atoms with E-state index in [0.29, 0.717) is 0 Å². The van der Waals surface area contributed by atoms with E-state index in [1.807, 2.05) is 60.7 Å². The molecular formula is C10H10CuFe-6. The van der Waals surface area contributed by atoms with Gasteiger partial charge in [-0.15, -0.1) is 0 Å². The van der Waals surface area contributed by atoms with Gasteiger partial charge in [-0.1, -0.05) is 0 Å². The Kier molecular flexibility index (Phi) is 12.8. The van der Waals surface area contributed by atoms with Crippen molar-refractivity contribution in [2.75, 3.05) is 0 Å². The van der Waals surface area contributed by atoms with E-state index < -0.39 is 0 Å². The van der Waals surface area contributed by atoms with Crippen LogP contribution < -0.4 is 0 Å². The van der Waals surface area contributed by atoms with Gasteiger partial charge in [0.1, 0.15) is 0 Å². The van der Waals surface area contributed by atoms with Crippen molar-refractivity contribution >= 4 is 0 Å². The van der Waals surface area contributed by atoms with Gasteiger partial charge in [-0.3, -0.25) is 0 Å². The molecule has 1 radical (unpaired) electrons. The summed E-state index contributed by atoms with van der Waals surface area (Å²) >= 11 is 0. The molecule has 0 saturated heterocycles. The maximum absolute atomic E-state index is 2.00. The first-order valence-corrected chi connectivity index (χ1v) is 3.33. The van der Waals surface area contributed by atoms with Gasteiger partial charge in [-0.25, -0.2) is 12.1 Å². The fourth-order valence-corrected chi connectivity index (χ4v) is 0.642. The second kappa shape index (κ2) is 10.7. The van der Waals surface area contributed by atoms with E-state index in [9.17, 15) is 0 Å². The molecule has 0 aliphatic heterocycles. The molecule has 0 atom stereocenters. The molecule has 75 valence electrons. The van der Waals surface area contributed by atoms with Crippen LogP contribution in [0.25, 0.3) is 0 Å². The minimum Gasteiger partial charge on any atom is -0.748 e. The first-order chi connectivity index (χ1) is 5.00. The van der Waals surface area contributed by atoms with Gasteiger partial charge < -0.3 is 30.3 Å². The Labute approximate surface area is 94.7 Å². The molecule has 0 spiro atoms. The van der Waals surface area contributed by atoms with Crippen LogP contribution >= 0.6 is 0 Å². The molecule has 2 rings (SSSR count). The summed E-state index contributed by atoms with van der Waals surface area (Å²) in [6.07, 6.45) is 0. The molecule has 0 fully saturated rings. The zero-order valence-corrected chi connectivity index (χ0v) is 8.47. The van der Waals surface area contributed by atoms with Crippen LogP contribution in [0.2, 0.25) is 0 Å². The molecule has 0 heterocycles. The Bertz CT molecular complexity index is 149. The smallest absolute Gasteiger partial charge is 0 e. The van der Waals surface area contributed by atoms with Crippen molar-refractivity contribution in [2.45, 2.75) is 0 Å². The maximum atomic E-state index is 2.00. The number of rotatable bonds is 0. The van der Waals surface area contributed by atoms with E-state index in [2.05, 4.69) is 0 Å². The summed E-state index contributed by atoms with van der Waals surface area (Å²) in [5.41, 5.74) is 0. The summed E-state index contributed by atoms with van der Waals surface area (Å²) in [4.78, 5) is 0. The minimum absolute atomic E-state index is 0. The quantitative estimate of drug-likeness (QED) is 0.498. The summed E-state index contributed by atoms with van der Waals surface area (Å²) < 4.78 is 0. The van der Waals surface area contributed by atoms with Crippen LogP contribution in [0.5, 0.6) is 0 Å². The van der Waals surface area contributed by atoms with Gasteiger partial charge in [0.25, 0.3) is 0 Å². The van der Waals surface area contributed by atoms with Crippen molar-refractivity contribution in [1.82, 2.24) is 0 Å². The molecule has 0 aliphatic carbocycles. The fourth-order valence-electron chi connectivity index (χ4n) is 0.642. The Balaban J connectivity index is 0. The Morgan fingerprint density at radius 2 is 1.00 bits per heavy atom. The van der Waals surface area contributed by atoms with Crippen molar-refractivity contribution in [3.8, 4) is 0 Å². The van der Waals surface area contributed by atoms with Gasteiger partial charge in [0.15, 0.2) is 0 Å². The molecular weight excluding hydrogens is 240 g/mol. The minimum atomic E-state index is 0. The van der Waals surface area contributed by atoms with Crippen LogP contribution in [-0.4, -0.2) is 0 Å². The van der Waals surface area contributed by atoms with Crippen molar-refractivity contribution < 1.29 is 34.1 Å². The SMILES string of the molecule is [Cu].[Fe].[cH-]1[cH-][cH-][cH-][cH-]1.c1cc[cH-]c1. The molecule has 2 aromatic rings. The third kappa shape index (κ3) is 7.84. The van der Waals surface area contributed by atoms with Crippen LogP contribution in [-0.2, 0) is 34.1 Å². The summed E-state index contributed by atoms with van der Waals surface area (Å²) in [5.74, 6) is 0. The van der Waals surface area contributed by atoms with E-state index in [1.165, 1.54) is 0 Å². The van der Waals surface area contributed by atoms with E-state index >= 15 is 0 Å². The third-order valence-corrected chi connectivity index (χ3v) is 1.11. The fraction of sp³-hybridized carbons (Fsp3) is 0. The molecule has 0 saturated carbocycles. The molecule has 2 aromatic carbocycles. The summed E-state index contributed by atoms with van der Waals surface area (Å²) in [6, 6.07) is 20.0. The molecule has 0 aliphatic rings. The van der Waals surface area contributed by atoms with Crippen molar-refractivity contribution in [3.05, 3.63) is 60.7 Å². The van der Waals surface area contributed by atoms with Gasteiger partial charge in [0.2, 0.25) is 0 Å². The average Bonchev–Trinajstić information content (AvgIpc) is 2.67. The van der Waals surface area contributed by atoms with Crippen molar-refractivity contribution in [2.24, 2.45) is 0 Å². The average molecular weight is 250 g/mol. The van der Waals surface area contributed by atoms with Gasteiger partial charge in [0.05, 0.1) is 0 Å². The van der Waals surface area contributed by atoms with E-state index in [-0.39, 0.29) is 34.1 Å². The summed E-state index contributed by atoms with van der Waals surface area (Å²) in [7, 11) is 0. The van der Waals surface area contributed by atoms with Gasteiger partial charge >= 0.3 is 0 Å². The van der Waals surface area contributed by atoms with Crippen molar-refractivity contribution in [1.29, 1.82) is 0 Å². The first kappa shape index (κ1) is 14.3. The number of hydrogen-bond acceptors (Lipinski definition) is 0. The molecule has 0 unspecified atom stereocenters. The van der Waals surface area contributed by atoms with Crippen LogP contribution in [0.1, 0.15) is 0 Å². The zero-order valence-electron chi connectivity index (χ0n) is 6.43. The summed E-state index contributed by atoms with van der Waals surface area (Å²) in [5, 5.41) is 0. The maximum Gasteiger partial charge on any atom is 0 e. The third-order valence-electron chi connectivity index (χ3n) is 1.11. The molecule has 0 nitrogen and oxygen atoms in total. The molecule has 0 amide bonds. The van der Waals surface area contributed by atoms with Crippen LogP contribution in [0.3, 0.4) is 0 Å². The second-order valence-corrected chi connectivity index (χ2v) is 1.92. The van der Waals surface area contributed by atoms with E-state index in [0.717, 1.165) is 0 Å². The Hall–Kier alpha value is -0.261. The molecule has 12 heavy (non-hydrogen) atoms. The zero-order chi connectivity index (χ0) is 7.07. The predicted octanol–water partition coefficient (Wildman–Crippen LogP) is 2.81. The van der Waals surface area contributed by atoms with Crippen LogP contribution in [0.15, 0.2) is 60.7 Å². The first-order valence-electron chi connectivity index (χ1n) is 3.33. The van der Waals surface area contributed by atoms with Crippen molar-refractivity contribution in [3.63, 3.8) is 0 Å². The topological polar surface area (TPSA) is 0 Å². The van der Waals surface area contributed by atoms with Gasteiger partial charge in [0, 0.05) is 34.1 Å². The number of hydrogen-bond donors (Lipinski definition) is 0. The van der Waals surface area contributed by atoms with Gasteiger partial charge in [-0.05, 0) is 0 Å². The molecule has 0 bridgehead atoms. The van der Waals surface area contributed by atoms with Gasteiger partial charge in [-0.2, -0.15) is 18.2 Å². The molecule has 2 heteroatoms. The molecule has 0 aromatic heterocycles. The normalized spacial score (nSPS) is 6.67. The van der Waals surface area contributed by atoms with Crippen LogP contribution in [0, 0.1) is 0 Å².